The quantitative estimate of drug-likeness (QED) is 0.432. The van der Waals surface area contributed by atoms with Gasteiger partial charge in [-0.05, 0) is 49.7 Å². The van der Waals surface area contributed by atoms with Crippen molar-refractivity contribution in [2.45, 2.75) is 72.1 Å². The Kier molecular flexibility index (Phi) is 4.93. The van der Waals surface area contributed by atoms with Gasteiger partial charge in [0.05, 0.1) is 6.20 Å². The summed E-state index contributed by atoms with van der Waals surface area (Å²) in [5, 5.41) is 9.67. The van der Waals surface area contributed by atoms with Gasteiger partial charge < -0.3 is 4.40 Å². The Morgan fingerprint density at radius 3 is 2.16 bits per heavy atom. The molecule has 0 saturated heterocycles. The van der Waals surface area contributed by atoms with Crippen LogP contribution in [0.5, 0.6) is 0 Å². The summed E-state index contributed by atoms with van der Waals surface area (Å²) >= 11 is 0. The number of rotatable bonds is 4. The fraction of sp³-hybridized carbons (Fsp3) is 0.423. The van der Waals surface area contributed by atoms with Crippen molar-refractivity contribution in [3.8, 4) is 6.07 Å². The minimum Gasteiger partial charge on any atom is -0.301 e. The van der Waals surface area contributed by atoms with E-state index in [1.54, 1.807) is 6.20 Å². The van der Waals surface area contributed by atoms with Crippen LogP contribution in [0, 0.1) is 25.2 Å². The minimum absolute atomic E-state index is 0.0385. The standard InChI is InChI=1S/C26H31N5/c1-17-8-10-22(24-28-15-18(2)30(17)24)26(6,7)13-12-19-9-11-21(25(3,4)5)23-29-16-20(14-27)31(19)23/h8-11,15-16H,12-13H2,1-7H3. The van der Waals surface area contributed by atoms with Crippen LogP contribution in [-0.2, 0) is 17.3 Å². The molecule has 160 valence electrons. The van der Waals surface area contributed by atoms with Crippen LogP contribution in [0.2, 0.25) is 0 Å². The summed E-state index contributed by atoms with van der Waals surface area (Å²) in [6.07, 6.45) is 5.42. The molecule has 0 aromatic carbocycles. The molecule has 4 rings (SSSR count). The van der Waals surface area contributed by atoms with E-state index in [0.29, 0.717) is 5.69 Å². The normalized spacial score (nSPS) is 12.6. The van der Waals surface area contributed by atoms with E-state index in [4.69, 9.17) is 4.98 Å². The van der Waals surface area contributed by atoms with Crippen molar-refractivity contribution in [3.63, 3.8) is 0 Å². The third kappa shape index (κ3) is 3.50. The van der Waals surface area contributed by atoms with Gasteiger partial charge >= 0.3 is 0 Å². The van der Waals surface area contributed by atoms with E-state index >= 15 is 0 Å². The molecule has 4 heterocycles. The summed E-state index contributed by atoms with van der Waals surface area (Å²) in [5.41, 5.74) is 8.28. The summed E-state index contributed by atoms with van der Waals surface area (Å²) in [5.74, 6) is 0. The first-order chi connectivity index (χ1) is 14.5. The molecule has 0 spiro atoms. The lowest BCUT2D eigenvalue weighted by Gasteiger charge is -2.27. The molecule has 0 bridgehead atoms. The average Bonchev–Trinajstić information content (AvgIpc) is 3.30. The van der Waals surface area contributed by atoms with Crippen molar-refractivity contribution in [2.24, 2.45) is 0 Å². The molecule has 0 unspecified atom stereocenters. The predicted octanol–water partition coefficient (Wildman–Crippen LogP) is 5.68. The van der Waals surface area contributed by atoms with E-state index in [1.807, 2.05) is 10.6 Å². The third-order valence-electron chi connectivity index (χ3n) is 6.41. The highest BCUT2D eigenvalue weighted by molar-refractivity contribution is 5.56. The summed E-state index contributed by atoms with van der Waals surface area (Å²) in [7, 11) is 0. The first-order valence-corrected chi connectivity index (χ1v) is 10.9. The summed E-state index contributed by atoms with van der Waals surface area (Å²) in [4.78, 5) is 9.31. The highest BCUT2D eigenvalue weighted by atomic mass is 15.0. The predicted molar refractivity (Wildman–Crippen MR) is 125 cm³/mol. The molecule has 0 N–H and O–H groups in total. The number of aromatic nitrogens is 4. The van der Waals surface area contributed by atoms with Gasteiger partial charge in [0, 0.05) is 34.4 Å². The van der Waals surface area contributed by atoms with Crippen molar-refractivity contribution in [1.29, 1.82) is 5.26 Å². The molecule has 0 aliphatic rings. The highest BCUT2D eigenvalue weighted by Crippen LogP contribution is 2.33. The van der Waals surface area contributed by atoms with E-state index in [-0.39, 0.29) is 10.8 Å². The molecule has 0 aliphatic carbocycles. The largest absolute Gasteiger partial charge is 0.301 e. The van der Waals surface area contributed by atoms with E-state index in [9.17, 15) is 5.26 Å². The highest BCUT2D eigenvalue weighted by Gasteiger charge is 2.26. The molecule has 0 aliphatic heterocycles. The maximum Gasteiger partial charge on any atom is 0.144 e. The molecule has 4 aromatic heterocycles. The molecule has 0 saturated carbocycles. The van der Waals surface area contributed by atoms with Crippen LogP contribution in [0.1, 0.15) is 74.9 Å². The van der Waals surface area contributed by atoms with Crippen LogP contribution in [0.4, 0.5) is 0 Å². The van der Waals surface area contributed by atoms with E-state index in [1.165, 1.54) is 11.3 Å². The van der Waals surface area contributed by atoms with Gasteiger partial charge in [-0.25, -0.2) is 9.97 Å². The molecule has 0 amide bonds. The van der Waals surface area contributed by atoms with Gasteiger partial charge in [-0.15, -0.1) is 0 Å². The number of hydrogen-bond donors (Lipinski definition) is 0. The summed E-state index contributed by atoms with van der Waals surface area (Å²) in [6, 6.07) is 11.1. The van der Waals surface area contributed by atoms with Gasteiger partial charge in [-0.2, -0.15) is 5.26 Å². The summed E-state index contributed by atoms with van der Waals surface area (Å²) < 4.78 is 4.28. The van der Waals surface area contributed by atoms with Gasteiger partial charge in [0.2, 0.25) is 0 Å². The molecule has 0 atom stereocenters. The molecule has 31 heavy (non-hydrogen) atoms. The number of imidazole rings is 2. The Bertz CT molecular complexity index is 1320. The maximum atomic E-state index is 9.67. The molecular formula is C26H31N5. The Morgan fingerprint density at radius 1 is 0.839 bits per heavy atom. The number of nitrogens with zero attached hydrogens (tertiary/aromatic N) is 5. The second-order valence-electron chi connectivity index (χ2n) is 10.2. The topological polar surface area (TPSA) is 58.4 Å². The van der Waals surface area contributed by atoms with E-state index < -0.39 is 0 Å². The Balaban J connectivity index is 1.74. The second-order valence-corrected chi connectivity index (χ2v) is 10.2. The Morgan fingerprint density at radius 2 is 1.48 bits per heavy atom. The average molecular weight is 414 g/mol. The number of fused-ring (bicyclic) bond motifs is 2. The van der Waals surface area contributed by atoms with Gasteiger partial charge in [0.25, 0.3) is 0 Å². The summed E-state index contributed by atoms with van der Waals surface area (Å²) in [6.45, 7) is 15.3. The molecule has 4 aromatic rings. The van der Waals surface area contributed by atoms with Crippen LogP contribution >= 0.6 is 0 Å². The van der Waals surface area contributed by atoms with Crippen LogP contribution in [0.15, 0.2) is 36.7 Å². The minimum atomic E-state index is -0.0743. The van der Waals surface area contributed by atoms with Gasteiger partial charge in [0.1, 0.15) is 23.1 Å². The number of hydrogen-bond acceptors (Lipinski definition) is 3. The third-order valence-corrected chi connectivity index (χ3v) is 6.41. The smallest absolute Gasteiger partial charge is 0.144 e. The van der Waals surface area contributed by atoms with Crippen LogP contribution in [-0.4, -0.2) is 18.8 Å². The van der Waals surface area contributed by atoms with Crippen LogP contribution < -0.4 is 0 Å². The molecule has 0 radical (unpaired) electrons. The van der Waals surface area contributed by atoms with E-state index in [2.05, 4.69) is 88.2 Å². The Labute approximate surface area is 184 Å². The zero-order valence-electron chi connectivity index (χ0n) is 19.6. The lowest BCUT2D eigenvalue weighted by molar-refractivity contribution is 0.477. The zero-order valence-corrected chi connectivity index (χ0v) is 19.6. The van der Waals surface area contributed by atoms with Crippen LogP contribution in [0.3, 0.4) is 0 Å². The molecule has 5 nitrogen and oxygen atoms in total. The number of nitriles is 1. The zero-order chi connectivity index (χ0) is 22.6. The lowest BCUT2D eigenvalue weighted by Crippen LogP contribution is -2.21. The SMILES string of the molecule is Cc1ccc(C(C)(C)CCc2ccc(C(C)(C)C)c3ncc(C#N)n23)c2ncc(C)n12. The monoisotopic (exact) mass is 413 g/mol. The Hall–Kier alpha value is -3.13. The maximum absolute atomic E-state index is 9.67. The van der Waals surface area contributed by atoms with Crippen LogP contribution in [0.25, 0.3) is 11.3 Å². The van der Waals surface area contributed by atoms with Crippen molar-refractivity contribution < 1.29 is 0 Å². The fourth-order valence-electron chi connectivity index (χ4n) is 4.55. The van der Waals surface area contributed by atoms with Crippen molar-refractivity contribution >= 4 is 11.3 Å². The van der Waals surface area contributed by atoms with Gasteiger partial charge in [-0.3, -0.25) is 4.40 Å². The van der Waals surface area contributed by atoms with Gasteiger partial charge in [0.15, 0.2) is 0 Å². The lowest BCUT2D eigenvalue weighted by atomic mass is 9.80. The number of pyridine rings is 2. The molecular weight excluding hydrogens is 382 g/mol. The first kappa shape index (κ1) is 21.1. The molecule has 0 fully saturated rings. The van der Waals surface area contributed by atoms with Crippen molar-refractivity contribution in [3.05, 3.63) is 70.6 Å². The fourth-order valence-corrected chi connectivity index (χ4v) is 4.55. The first-order valence-electron chi connectivity index (χ1n) is 10.9. The van der Waals surface area contributed by atoms with Crippen molar-refractivity contribution in [1.82, 2.24) is 18.8 Å². The van der Waals surface area contributed by atoms with Gasteiger partial charge in [-0.1, -0.05) is 46.8 Å². The van der Waals surface area contributed by atoms with E-state index in [0.717, 1.165) is 41.1 Å². The molecule has 5 heteroatoms. The second kappa shape index (κ2) is 7.23. The van der Waals surface area contributed by atoms with Crippen molar-refractivity contribution in [2.75, 3.05) is 0 Å². The number of aryl methyl sites for hydroxylation is 3.